The molecular weight excluding hydrogens is 350 g/mol. The first-order valence-electron chi connectivity index (χ1n) is 9.55. The maximum Gasteiger partial charge on any atom is 0.322 e. The van der Waals surface area contributed by atoms with Crippen LogP contribution in [0.3, 0.4) is 0 Å². The molecule has 0 spiro atoms. The molecule has 3 amide bonds. The van der Waals surface area contributed by atoms with Crippen LogP contribution in [0.5, 0.6) is 0 Å². The molecule has 1 N–H and O–H groups in total. The van der Waals surface area contributed by atoms with Gasteiger partial charge in [0.05, 0.1) is 23.9 Å². The predicted molar refractivity (Wildman–Crippen MR) is 109 cm³/mol. The normalized spacial score (nSPS) is 19.2. The Kier molecular flexibility index (Phi) is 4.46. The molecule has 0 saturated heterocycles. The van der Waals surface area contributed by atoms with Crippen molar-refractivity contribution in [1.29, 1.82) is 0 Å². The van der Waals surface area contributed by atoms with Gasteiger partial charge in [-0.2, -0.15) is 0 Å². The first-order valence-corrected chi connectivity index (χ1v) is 9.55. The number of aryl methyl sites for hydroxylation is 3. The van der Waals surface area contributed by atoms with Crippen molar-refractivity contribution < 1.29 is 9.59 Å². The zero-order chi connectivity index (χ0) is 20.0. The molecule has 5 nitrogen and oxygen atoms in total. The molecule has 2 heterocycles. The van der Waals surface area contributed by atoms with Crippen molar-refractivity contribution in [2.24, 2.45) is 0 Å². The summed E-state index contributed by atoms with van der Waals surface area (Å²) in [6.07, 6.45) is 0. The average Bonchev–Trinajstić information content (AvgIpc) is 2.99. The zero-order valence-corrected chi connectivity index (χ0v) is 16.7. The van der Waals surface area contributed by atoms with Crippen LogP contribution in [0.15, 0.2) is 53.7 Å². The number of carbonyl (C=O) groups excluding carboxylic acids is 2. The summed E-state index contributed by atoms with van der Waals surface area (Å²) in [5, 5.41) is 3.04. The highest BCUT2D eigenvalue weighted by Crippen LogP contribution is 2.37. The molecular formula is C23H25N3O2. The van der Waals surface area contributed by atoms with Crippen molar-refractivity contribution in [3.8, 4) is 0 Å². The van der Waals surface area contributed by atoms with Crippen LogP contribution in [0.25, 0.3) is 0 Å². The number of hydrogen-bond acceptors (Lipinski definition) is 2. The lowest BCUT2D eigenvalue weighted by Gasteiger charge is -2.32. The van der Waals surface area contributed by atoms with Crippen LogP contribution in [0.4, 0.5) is 4.79 Å². The Labute approximate surface area is 165 Å². The maximum absolute atomic E-state index is 13.3. The molecule has 2 aromatic carbocycles. The highest BCUT2D eigenvalue weighted by Gasteiger charge is 2.43. The summed E-state index contributed by atoms with van der Waals surface area (Å²) in [4.78, 5) is 29.3. The zero-order valence-electron chi connectivity index (χ0n) is 16.7. The van der Waals surface area contributed by atoms with Gasteiger partial charge in [0.15, 0.2) is 0 Å². The largest absolute Gasteiger partial charge is 0.329 e. The Morgan fingerprint density at radius 1 is 1.00 bits per heavy atom. The predicted octanol–water partition coefficient (Wildman–Crippen LogP) is 3.60. The monoisotopic (exact) mass is 375 g/mol. The molecule has 2 aliphatic heterocycles. The van der Waals surface area contributed by atoms with Crippen LogP contribution >= 0.6 is 0 Å². The second kappa shape index (κ2) is 6.82. The molecule has 4 rings (SSSR count). The van der Waals surface area contributed by atoms with Crippen molar-refractivity contribution >= 4 is 11.9 Å². The summed E-state index contributed by atoms with van der Waals surface area (Å²) in [5.41, 5.74) is 7.00. The van der Waals surface area contributed by atoms with Gasteiger partial charge in [-0.15, -0.1) is 0 Å². The Morgan fingerprint density at radius 3 is 2.39 bits per heavy atom. The van der Waals surface area contributed by atoms with Crippen LogP contribution in [-0.2, 0) is 11.3 Å². The first kappa shape index (κ1) is 18.3. The van der Waals surface area contributed by atoms with E-state index in [1.54, 1.807) is 11.9 Å². The number of hydrogen-bond donors (Lipinski definition) is 1. The van der Waals surface area contributed by atoms with E-state index >= 15 is 0 Å². The van der Waals surface area contributed by atoms with Gasteiger partial charge in [0.2, 0.25) is 0 Å². The van der Waals surface area contributed by atoms with Gasteiger partial charge in [0, 0.05) is 13.6 Å². The molecule has 144 valence electrons. The second-order valence-electron chi connectivity index (χ2n) is 7.74. The molecule has 0 radical (unpaired) electrons. The molecule has 0 aliphatic carbocycles. The van der Waals surface area contributed by atoms with Gasteiger partial charge in [-0.3, -0.25) is 9.69 Å². The number of nitrogens with zero attached hydrogens (tertiary/aromatic N) is 2. The summed E-state index contributed by atoms with van der Waals surface area (Å²) < 4.78 is 0. The van der Waals surface area contributed by atoms with E-state index in [-0.39, 0.29) is 11.9 Å². The van der Waals surface area contributed by atoms with Crippen LogP contribution in [-0.4, -0.2) is 35.3 Å². The SMILES string of the molecule is Cc1cc(C)c([C@@H]2NC(=O)N(C)C3=C2C(=O)N(Cc2ccccc2)C3)cc1C. The van der Waals surface area contributed by atoms with E-state index in [0.717, 1.165) is 28.0 Å². The maximum atomic E-state index is 13.3. The summed E-state index contributed by atoms with van der Waals surface area (Å²) in [7, 11) is 1.73. The van der Waals surface area contributed by atoms with Gasteiger partial charge in [-0.25, -0.2) is 4.79 Å². The van der Waals surface area contributed by atoms with E-state index in [1.165, 1.54) is 5.56 Å². The average molecular weight is 375 g/mol. The van der Waals surface area contributed by atoms with Crippen LogP contribution in [0.1, 0.15) is 33.9 Å². The second-order valence-corrected chi connectivity index (χ2v) is 7.74. The number of urea groups is 1. The molecule has 0 fully saturated rings. The summed E-state index contributed by atoms with van der Waals surface area (Å²) in [6.45, 7) is 7.16. The van der Waals surface area contributed by atoms with Crippen LogP contribution < -0.4 is 5.32 Å². The molecule has 5 heteroatoms. The number of likely N-dealkylation sites (N-methyl/N-ethyl adjacent to an activating group) is 1. The molecule has 1 atom stereocenters. The molecule has 0 bridgehead atoms. The Balaban J connectivity index is 1.73. The van der Waals surface area contributed by atoms with Gasteiger partial charge in [0.25, 0.3) is 5.91 Å². The third-order valence-electron chi connectivity index (χ3n) is 5.84. The molecule has 0 unspecified atom stereocenters. The van der Waals surface area contributed by atoms with E-state index in [1.807, 2.05) is 42.2 Å². The fourth-order valence-corrected chi connectivity index (χ4v) is 4.08. The van der Waals surface area contributed by atoms with Gasteiger partial charge >= 0.3 is 6.03 Å². The molecule has 0 saturated carbocycles. The number of carbonyl (C=O) groups is 2. The Hall–Kier alpha value is -3.08. The number of amides is 3. The Morgan fingerprint density at radius 2 is 1.68 bits per heavy atom. The third kappa shape index (κ3) is 2.97. The van der Waals surface area contributed by atoms with Gasteiger partial charge < -0.3 is 10.2 Å². The smallest absolute Gasteiger partial charge is 0.322 e. The first-order chi connectivity index (χ1) is 13.4. The van der Waals surface area contributed by atoms with Gasteiger partial charge in [0.1, 0.15) is 0 Å². The lowest BCUT2D eigenvalue weighted by Crippen LogP contribution is -2.45. The summed E-state index contributed by atoms with van der Waals surface area (Å²) in [6, 6.07) is 13.6. The third-order valence-corrected chi connectivity index (χ3v) is 5.84. The lowest BCUT2D eigenvalue weighted by molar-refractivity contribution is -0.126. The van der Waals surface area contributed by atoms with E-state index in [2.05, 4.69) is 31.3 Å². The highest BCUT2D eigenvalue weighted by molar-refractivity contribution is 6.01. The number of nitrogens with one attached hydrogen (secondary N) is 1. The minimum absolute atomic E-state index is 0.00617. The van der Waals surface area contributed by atoms with Crippen molar-refractivity contribution in [2.75, 3.05) is 13.6 Å². The standard InChI is InChI=1S/C23H25N3O2/c1-14-10-16(3)18(11-15(14)2)21-20-19(25(4)23(28)24-21)13-26(22(20)27)12-17-8-6-5-7-9-17/h5-11,21H,12-13H2,1-4H3,(H,24,28)/t21-/m0/s1. The number of benzene rings is 2. The summed E-state index contributed by atoms with van der Waals surface area (Å²) in [5.74, 6) is -0.00617. The van der Waals surface area contributed by atoms with E-state index in [0.29, 0.717) is 18.7 Å². The fourth-order valence-electron chi connectivity index (χ4n) is 4.08. The van der Waals surface area contributed by atoms with E-state index in [9.17, 15) is 9.59 Å². The minimum Gasteiger partial charge on any atom is -0.329 e. The van der Waals surface area contributed by atoms with Crippen molar-refractivity contribution in [1.82, 2.24) is 15.1 Å². The topological polar surface area (TPSA) is 52.7 Å². The van der Waals surface area contributed by atoms with Gasteiger partial charge in [-0.1, -0.05) is 42.5 Å². The quantitative estimate of drug-likeness (QED) is 0.891. The Bertz CT molecular complexity index is 994. The van der Waals surface area contributed by atoms with Crippen molar-refractivity contribution in [2.45, 2.75) is 33.4 Å². The van der Waals surface area contributed by atoms with Crippen molar-refractivity contribution in [3.63, 3.8) is 0 Å². The molecule has 2 aliphatic rings. The molecule has 2 aromatic rings. The highest BCUT2D eigenvalue weighted by atomic mass is 16.2. The molecule has 0 aromatic heterocycles. The number of rotatable bonds is 3. The summed E-state index contributed by atoms with van der Waals surface area (Å²) >= 11 is 0. The van der Waals surface area contributed by atoms with E-state index in [4.69, 9.17) is 0 Å². The fraction of sp³-hybridized carbons (Fsp3) is 0.304. The molecule has 28 heavy (non-hydrogen) atoms. The van der Waals surface area contributed by atoms with E-state index < -0.39 is 6.04 Å². The van der Waals surface area contributed by atoms with Gasteiger partial charge in [-0.05, 0) is 48.6 Å². The van der Waals surface area contributed by atoms with Crippen LogP contribution in [0.2, 0.25) is 0 Å². The lowest BCUT2D eigenvalue weighted by atomic mass is 9.90. The van der Waals surface area contributed by atoms with Crippen LogP contribution in [0, 0.1) is 20.8 Å². The minimum atomic E-state index is -0.411. The van der Waals surface area contributed by atoms with Crippen molar-refractivity contribution in [3.05, 3.63) is 81.6 Å².